The van der Waals surface area contributed by atoms with Crippen molar-refractivity contribution in [1.82, 2.24) is 10.3 Å². The Labute approximate surface area is 117 Å². The molecule has 0 saturated heterocycles. The molecule has 2 aromatic rings. The van der Waals surface area contributed by atoms with Crippen LogP contribution >= 0.6 is 0 Å². The molecule has 0 saturated carbocycles. The average molecular weight is 273 g/mol. The molecule has 0 radical (unpaired) electrons. The number of aromatic amines is 1. The predicted molar refractivity (Wildman–Crippen MR) is 73.8 cm³/mol. The molecule has 0 unspecified atom stereocenters. The molecule has 1 aromatic heterocycles. The Morgan fingerprint density at radius 2 is 2.10 bits per heavy atom. The highest BCUT2D eigenvalue weighted by atomic mass is 16.4. The molecule has 1 atom stereocenters. The average Bonchev–Trinajstić information content (AvgIpc) is 2.82. The fourth-order valence-electron chi connectivity index (χ4n) is 2.15. The third-order valence-electron chi connectivity index (χ3n) is 3.26. The van der Waals surface area contributed by atoms with Gasteiger partial charge in [-0.3, -0.25) is 4.79 Å². The van der Waals surface area contributed by atoms with E-state index in [9.17, 15) is 14.7 Å². The van der Waals surface area contributed by atoms with Gasteiger partial charge in [0.25, 0.3) is 0 Å². The lowest BCUT2D eigenvalue weighted by molar-refractivity contribution is -0.307. The molecule has 106 valence electrons. The number of carbonyl (C=O) groups excluding carboxylic acids is 2. The highest BCUT2D eigenvalue weighted by molar-refractivity contribution is 5.84. The fourth-order valence-corrected chi connectivity index (χ4v) is 2.15. The molecule has 5 heteroatoms. The summed E-state index contributed by atoms with van der Waals surface area (Å²) in [6.07, 6.45) is 3.70. The number of hydrogen-bond acceptors (Lipinski definition) is 3. The Bertz CT molecular complexity index is 618. The molecule has 0 aliphatic rings. The van der Waals surface area contributed by atoms with Gasteiger partial charge in [0.15, 0.2) is 0 Å². The summed E-state index contributed by atoms with van der Waals surface area (Å²) in [6.45, 7) is 1.40. The van der Waals surface area contributed by atoms with Crippen LogP contribution in [0.25, 0.3) is 10.9 Å². The van der Waals surface area contributed by atoms with Crippen LogP contribution in [0.4, 0.5) is 0 Å². The zero-order chi connectivity index (χ0) is 14.5. The Morgan fingerprint density at radius 3 is 2.85 bits per heavy atom. The van der Waals surface area contributed by atoms with E-state index in [1.807, 2.05) is 30.5 Å². The van der Waals surface area contributed by atoms with Gasteiger partial charge in [-0.05, 0) is 31.4 Å². The maximum atomic E-state index is 11.5. The molecule has 0 spiro atoms. The minimum absolute atomic E-state index is 0.262. The summed E-state index contributed by atoms with van der Waals surface area (Å²) in [5.74, 6) is -1.53. The van der Waals surface area contributed by atoms with Gasteiger partial charge < -0.3 is 20.2 Å². The van der Waals surface area contributed by atoms with Crippen molar-refractivity contribution in [2.45, 2.75) is 32.2 Å². The van der Waals surface area contributed by atoms with Gasteiger partial charge in [0.05, 0.1) is 12.0 Å². The molecule has 1 aromatic carbocycles. The van der Waals surface area contributed by atoms with Crippen LogP contribution in [0, 0.1) is 0 Å². The van der Waals surface area contributed by atoms with Gasteiger partial charge in [-0.1, -0.05) is 18.2 Å². The van der Waals surface area contributed by atoms with Crippen molar-refractivity contribution in [2.75, 3.05) is 0 Å². The summed E-state index contributed by atoms with van der Waals surface area (Å²) in [5, 5.41) is 14.1. The topological polar surface area (TPSA) is 85.0 Å². The molecular weight excluding hydrogens is 256 g/mol. The van der Waals surface area contributed by atoms with Gasteiger partial charge in [-0.25, -0.2) is 0 Å². The number of aromatic nitrogens is 1. The van der Waals surface area contributed by atoms with Crippen molar-refractivity contribution >= 4 is 22.8 Å². The molecule has 0 aliphatic heterocycles. The van der Waals surface area contributed by atoms with Crippen LogP contribution in [0.15, 0.2) is 30.5 Å². The van der Waals surface area contributed by atoms with Crippen LogP contribution in [-0.4, -0.2) is 22.9 Å². The van der Waals surface area contributed by atoms with Gasteiger partial charge >= 0.3 is 0 Å². The number of hydrogen-bond donors (Lipinski definition) is 2. The number of H-pyrrole nitrogens is 1. The highest BCUT2D eigenvalue weighted by Crippen LogP contribution is 2.19. The van der Waals surface area contributed by atoms with Crippen molar-refractivity contribution in [3.05, 3.63) is 36.0 Å². The second-order valence-electron chi connectivity index (χ2n) is 4.82. The van der Waals surface area contributed by atoms with Crippen LogP contribution in [0.5, 0.6) is 0 Å². The smallest absolute Gasteiger partial charge is 0.220 e. The Kier molecular flexibility index (Phi) is 4.40. The number of amides is 1. The van der Waals surface area contributed by atoms with Crippen LogP contribution in [0.2, 0.25) is 0 Å². The standard InChI is InChI=1S/C15H18N2O3/c1-10(15(19)20)17-14(18)8-4-5-11-9-16-13-7-3-2-6-12(11)13/h2-3,6-7,9-10,16H,4-5,8H2,1H3,(H,17,18)(H,19,20)/p-1/t10-/m1/s1. The number of rotatable bonds is 6. The second kappa shape index (κ2) is 6.23. The number of nitrogens with one attached hydrogen (secondary N) is 2. The van der Waals surface area contributed by atoms with Crippen molar-refractivity contribution in [3.63, 3.8) is 0 Å². The van der Waals surface area contributed by atoms with E-state index < -0.39 is 12.0 Å². The minimum atomic E-state index is -1.27. The molecule has 0 bridgehead atoms. The van der Waals surface area contributed by atoms with Gasteiger partial charge in [0.2, 0.25) is 5.91 Å². The largest absolute Gasteiger partial charge is 0.548 e. The number of fused-ring (bicyclic) bond motifs is 1. The van der Waals surface area contributed by atoms with Crippen LogP contribution in [0.3, 0.4) is 0 Å². The molecule has 20 heavy (non-hydrogen) atoms. The third-order valence-corrected chi connectivity index (χ3v) is 3.26. The van der Waals surface area contributed by atoms with Crippen molar-refractivity contribution < 1.29 is 14.7 Å². The Morgan fingerprint density at radius 1 is 1.35 bits per heavy atom. The first-order valence-corrected chi connectivity index (χ1v) is 6.63. The maximum absolute atomic E-state index is 11.5. The van der Waals surface area contributed by atoms with Crippen molar-refractivity contribution in [3.8, 4) is 0 Å². The summed E-state index contributed by atoms with van der Waals surface area (Å²) in [7, 11) is 0. The number of benzene rings is 1. The zero-order valence-corrected chi connectivity index (χ0v) is 11.3. The Balaban J connectivity index is 1.84. The number of aliphatic carboxylic acids is 1. The predicted octanol–water partition coefficient (Wildman–Crippen LogP) is 0.745. The molecule has 2 N–H and O–H groups in total. The first kappa shape index (κ1) is 14.1. The first-order valence-electron chi connectivity index (χ1n) is 6.63. The van der Waals surface area contributed by atoms with E-state index in [4.69, 9.17) is 0 Å². The summed E-state index contributed by atoms with van der Waals surface area (Å²) < 4.78 is 0. The van der Waals surface area contributed by atoms with E-state index in [0.29, 0.717) is 12.8 Å². The first-order chi connectivity index (χ1) is 9.58. The zero-order valence-electron chi connectivity index (χ0n) is 11.3. The van der Waals surface area contributed by atoms with E-state index >= 15 is 0 Å². The van der Waals surface area contributed by atoms with Crippen LogP contribution < -0.4 is 10.4 Å². The second-order valence-corrected chi connectivity index (χ2v) is 4.82. The monoisotopic (exact) mass is 273 g/mol. The third kappa shape index (κ3) is 3.38. The number of carboxylic acid groups (broad SMARTS) is 1. The number of carboxylic acids is 1. The normalized spacial score (nSPS) is 12.2. The van der Waals surface area contributed by atoms with Crippen molar-refractivity contribution in [2.24, 2.45) is 0 Å². The minimum Gasteiger partial charge on any atom is -0.548 e. The molecule has 1 heterocycles. The van der Waals surface area contributed by atoms with E-state index in [1.54, 1.807) is 0 Å². The highest BCUT2D eigenvalue weighted by Gasteiger charge is 2.08. The SMILES string of the molecule is C[C@@H](NC(=O)CCCc1c[nH]c2ccccc12)C(=O)[O-]. The quantitative estimate of drug-likeness (QED) is 0.814. The number of carbonyl (C=O) groups is 2. The van der Waals surface area contributed by atoms with Gasteiger partial charge in [-0.15, -0.1) is 0 Å². The fraction of sp³-hybridized carbons (Fsp3) is 0.333. The molecular formula is C15H17N2O3-. The summed E-state index contributed by atoms with van der Waals surface area (Å²) in [6, 6.07) is 7.05. The summed E-state index contributed by atoms with van der Waals surface area (Å²) >= 11 is 0. The van der Waals surface area contributed by atoms with E-state index in [1.165, 1.54) is 12.5 Å². The maximum Gasteiger partial charge on any atom is 0.220 e. The lowest BCUT2D eigenvalue weighted by Gasteiger charge is -2.14. The van der Waals surface area contributed by atoms with Gasteiger partial charge in [-0.2, -0.15) is 0 Å². The van der Waals surface area contributed by atoms with Crippen LogP contribution in [0.1, 0.15) is 25.3 Å². The summed E-state index contributed by atoms with van der Waals surface area (Å²) in [4.78, 5) is 25.2. The van der Waals surface area contributed by atoms with E-state index in [0.717, 1.165) is 17.3 Å². The lowest BCUT2D eigenvalue weighted by Crippen LogP contribution is -2.45. The number of para-hydroxylation sites is 1. The number of aryl methyl sites for hydroxylation is 1. The summed E-state index contributed by atoms with van der Waals surface area (Å²) in [5.41, 5.74) is 2.25. The molecule has 1 amide bonds. The van der Waals surface area contributed by atoms with Crippen LogP contribution in [-0.2, 0) is 16.0 Å². The molecule has 0 fully saturated rings. The molecule has 0 aliphatic carbocycles. The molecule has 5 nitrogen and oxygen atoms in total. The van der Waals surface area contributed by atoms with E-state index in [-0.39, 0.29) is 5.91 Å². The Hall–Kier alpha value is -2.30. The van der Waals surface area contributed by atoms with Gasteiger partial charge in [0, 0.05) is 23.5 Å². The molecule has 2 rings (SSSR count). The van der Waals surface area contributed by atoms with Crippen molar-refractivity contribution in [1.29, 1.82) is 0 Å². The van der Waals surface area contributed by atoms with E-state index in [2.05, 4.69) is 10.3 Å². The van der Waals surface area contributed by atoms with Gasteiger partial charge in [0.1, 0.15) is 0 Å². The lowest BCUT2D eigenvalue weighted by atomic mass is 10.1.